The number of aromatic nitrogens is 1. The molecular formula is C26H40N2O2S. The van der Waals surface area contributed by atoms with E-state index in [9.17, 15) is 0 Å². The molecule has 0 saturated heterocycles. The average molecular weight is 445 g/mol. The van der Waals surface area contributed by atoms with Crippen LogP contribution in [0.15, 0.2) is 42.5 Å². The van der Waals surface area contributed by atoms with Crippen LogP contribution in [0.2, 0.25) is 0 Å². The minimum atomic E-state index is -0.0101. The van der Waals surface area contributed by atoms with Crippen LogP contribution >= 0.6 is 11.3 Å². The molecule has 2 aromatic carbocycles. The zero-order valence-corrected chi connectivity index (χ0v) is 21.3. The highest BCUT2D eigenvalue weighted by molar-refractivity contribution is 7.21. The van der Waals surface area contributed by atoms with Gasteiger partial charge in [0.05, 0.1) is 16.3 Å². The van der Waals surface area contributed by atoms with Gasteiger partial charge in [-0.25, -0.2) is 4.98 Å². The lowest BCUT2D eigenvalue weighted by Gasteiger charge is -2.28. The molecule has 0 spiro atoms. The Labute approximate surface area is 192 Å². The van der Waals surface area contributed by atoms with Crippen LogP contribution < -0.4 is 5.32 Å². The lowest BCUT2D eigenvalue weighted by Crippen LogP contribution is -2.32. The number of nitrogens with zero attached hydrogens (tertiary/aromatic N) is 1. The number of hydrogen-bond donors (Lipinski definition) is 2. The molecule has 31 heavy (non-hydrogen) atoms. The Bertz CT molecular complexity index is 886. The summed E-state index contributed by atoms with van der Waals surface area (Å²) in [5, 5.41) is 12.2. The van der Waals surface area contributed by atoms with Gasteiger partial charge in [-0.15, -0.1) is 11.3 Å². The van der Waals surface area contributed by atoms with Crippen LogP contribution in [0.25, 0.3) is 20.8 Å². The summed E-state index contributed by atoms with van der Waals surface area (Å²) in [5.41, 5.74) is 4.62. The van der Waals surface area contributed by atoms with Gasteiger partial charge in [0.25, 0.3) is 0 Å². The first-order valence-electron chi connectivity index (χ1n) is 11.2. The molecule has 0 fully saturated rings. The van der Waals surface area contributed by atoms with E-state index in [-0.39, 0.29) is 18.2 Å². The molecule has 0 amide bonds. The topological polar surface area (TPSA) is 54.4 Å². The third-order valence-corrected chi connectivity index (χ3v) is 5.40. The molecule has 0 aliphatic rings. The van der Waals surface area contributed by atoms with Crippen molar-refractivity contribution < 1.29 is 9.84 Å². The monoisotopic (exact) mass is 444 g/mol. The molecular weight excluding hydrogens is 404 g/mol. The molecule has 1 aromatic heterocycles. The molecule has 4 nitrogen and oxygen atoms in total. The van der Waals surface area contributed by atoms with E-state index in [0.717, 1.165) is 34.8 Å². The zero-order chi connectivity index (χ0) is 23.4. The highest BCUT2D eigenvalue weighted by Crippen LogP contribution is 2.31. The van der Waals surface area contributed by atoms with Crippen LogP contribution in [0, 0.1) is 6.92 Å². The molecule has 3 aromatic rings. The summed E-state index contributed by atoms with van der Waals surface area (Å²) < 4.78 is 6.93. The number of nitrogens with one attached hydrogen (secondary N) is 1. The maximum absolute atomic E-state index is 7.57. The van der Waals surface area contributed by atoms with E-state index in [1.165, 1.54) is 10.3 Å². The number of rotatable bonds is 7. The van der Waals surface area contributed by atoms with Gasteiger partial charge in [-0.2, -0.15) is 0 Å². The first-order chi connectivity index (χ1) is 14.7. The molecule has 2 N–H and O–H groups in total. The fraction of sp³-hybridized carbons (Fsp3) is 0.500. The number of benzene rings is 2. The fourth-order valence-electron chi connectivity index (χ4n) is 2.85. The molecule has 1 heterocycles. The van der Waals surface area contributed by atoms with Crippen molar-refractivity contribution in [2.24, 2.45) is 0 Å². The number of anilines is 1. The van der Waals surface area contributed by atoms with E-state index in [1.807, 2.05) is 13.8 Å². The van der Waals surface area contributed by atoms with Gasteiger partial charge in [0.2, 0.25) is 0 Å². The largest absolute Gasteiger partial charge is 0.397 e. The van der Waals surface area contributed by atoms with Gasteiger partial charge in [-0.1, -0.05) is 19.9 Å². The fourth-order valence-corrected chi connectivity index (χ4v) is 3.92. The number of aliphatic hydroxyl groups excluding tert-OH is 1. The summed E-state index contributed by atoms with van der Waals surface area (Å²) in [7, 11) is 0. The third kappa shape index (κ3) is 9.38. The van der Waals surface area contributed by atoms with Gasteiger partial charge in [0, 0.05) is 30.0 Å². The van der Waals surface area contributed by atoms with Crippen LogP contribution in [-0.4, -0.2) is 34.9 Å². The number of ether oxygens (including phenoxy) is 1. The molecule has 0 aliphatic carbocycles. The minimum absolute atomic E-state index is 0.0101. The lowest BCUT2D eigenvalue weighted by molar-refractivity contribution is 0.0696. The van der Waals surface area contributed by atoms with Crippen molar-refractivity contribution in [1.29, 1.82) is 0 Å². The minimum Gasteiger partial charge on any atom is -0.397 e. The zero-order valence-electron chi connectivity index (χ0n) is 20.5. The normalized spacial score (nSPS) is 10.9. The second-order valence-corrected chi connectivity index (χ2v) is 9.09. The number of fused-ring (bicyclic) bond motifs is 1. The van der Waals surface area contributed by atoms with Gasteiger partial charge in [0.1, 0.15) is 5.01 Å². The molecule has 5 heteroatoms. The first kappa shape index (κ1) is 27.1. The SMILES string of the molecule is CC.CCO.Cc1ccc2nc(-c3ccc(NC(C)(C)CCOC(C)C)cc3)sc2c1. The summed E-state index contributed by atoms with van der Waals surface area (Å²) >= 11 is 1.75. The van der Waals surface area contributed by atoms with Crippen LogP contribution in [-0.2, 0) is 4.74 Å². The van der Waals surface area contributed by atoms with E-state index in [0.29, 0.717) is 0 Å². The molecule has 3 rings (SSSR count). The molecule has 0 aliphatic heterocycles. The van der Waals surface area contributed by atoms with E-state index in [2.05, 4.69) is 82.4 Å². The second-order valence-electron chi connectivity index (χ2n) is 8.06. The summed E-state index contributed by atoms with van der Waals surface area (Å²) in [5.74, 6) is 0. The van der Waals surface area contributed by atoms with E-state index < -0.39 is 0 Å². The number of aryl methyl sites for hydroxylation is 1. The van der Waals surface area contributed by atoms with Crippen molar-refractivity contribution in [3.05, 3.63) is 48.0 Å². The standard InChI is InChI=1S/C22H28N2OS.C2H6O.C2H6/c1-15(2)25-13-12-22(4,5)24-18-9-7-17(8-10-18)21-23-19-11-6-16(3)14-20(19)26-21;1-2-3;1-2/h6-11,14-15,24H,12-13H2,1-5H3;3H,2H2,1H3;1-2H3. The number of aliphatic hydroxyl groups is 1. The first-order valence-corrected chi connectivity index (χ1v) is 12.0. The predicted molar refractivity (Wildman–Crippen MR) is 137 cm³/mol. The Morgan fingerprint density at radius 1 is 1.10 bits per heavy atom. The Morgan fingerprint density at radius 2 is 1.71 bits per heavy atom. The van der Waals surface area contributed by atoms with Crippen LogP contribution in [0.3, 0.4) is 0 Å². The van der Waals surface area contributed by atoms with Gasteiger partial charge in [-0.05, 0) is 89.9 Å². The Morgan fingerprint density at radius 3 is 2.29 bits per heavy atom. The van der Waals surface area contributed by atoms with Crippen molar-refractivity contribution in [3.63, 3.8) is 0 Å². The maximum atomic E-state index is 7.57. The van der Waals surface area contributed by atoms with E-state index in [4.69, 9.17) is 14.8 Å². The Kier molecular flexibility index (Phi) is 11.8. The lowest BCUT2D eigenvalue weighted by atomic mass is 10.0. The van der Waals surface area contributed by atoms with E-state index >= 15 is 0 Å². The summed E-state index contributed by atoms with van der Waals surface area (Å²) in [6.07, 6.45) is 1.24. The highest BCUT2D eigenvalue weighted by atomic mass is 32.1. The maximum Gasteiger partial charge on any atom is 0.124 e. The predicted octanol–water partition coefficient (Wildman–Crippen LogP) is 7.30. The van der Waals surface area contributed by atoms with Crippen molar-refractivity contribution in [2.45, 2.75) is 73.5 Å². The van der Waals surface area contributed by atoms with Crippen molar-refractivity contribution in [3.8, 4) is 10.6 Å². The molecule has 0 bridgehead atoms. The summed E-state index contributed by atoms with van der Waals surface area (Å²) in [4.78, 5) is 4.77. The van der Waals surface area contributed by atoms with Gasteiger partial charge in [-0.3, -0.25) is 0 Å². The van der Waals surface area contributed by atoms with Crippen molar-refractivity contribution in [1.82, 2.24) is 4.98 Å². The average Bonchev–Trinajstić information content (AvgIpc) is 3.13. The van der Waals surface area contributed by atoms with Crippen molar-refractivity contribution in [2.75, 3.05) is 18.5 Å². The molecule has 0 atom stereocenters. The van der Waals surface area contributed by atoms with Crippen LogP contribution in [0.4, 0.5) is 5.69 Å². The van der Waals surface area contributed by atoms with Gasteiger partial charge < -0.3 is 15.2 Å². The van der Waals surface area contributed by atoms with Gasteiger partial charge >= 0.3 is 0 Å². The Hall–Kier alpha value is -1.95. The molecule has 0 unspecified atom stereocenters. The highest BCUT2D eigenvalue weighted by Gasteiger charge is 2.17. The molecule has 172 valence electrons. The number of hydrogen-bond acceptors (Lipinski definition) is 5. The van der Waals surface area contributed by atoms with Crippen LogP contribution in [0.1, 0.15) is 60.5 Å². The second kappa shape index (κ2) is 13.5. The Balaban J connectivity index is 0.000000884. The quantitative estimate of drug-likeness (QED) is 0.401. The van der Waals surface area contributed by atoms with Crippen molar-refractivity contribution >= 4 is 27.2 Å². The smallest absolute Gasteiger partial charge is 0.124 e. The van der Waals surface area contributed by atoms with Gasteiger partial charge in [0.15, 0.2) is 0 Å². The summed E-state index contributed by atoms with van der Waals surface area (Å²) in [6.45, 7) is 17.4. The molecule has 0 saturated carbocycles. The third-order valence-electron chi connectivity index (χ3n) is 4.34. The van der Waals surface area contributed by atoms with Crippen LogP contribution in [0.5, 0.6) is 0 Å². The summed E-state index contributed by atoms with van der Waals surface area (Å²) in [6, 6.07) is 15.0. The van der Waals surface area contributed by atoms with E-state index in [1.54, 1.807) is 18.3 Å². The number of thiazole rings is 1. The molecule has 0 radical (unpaired) electrons.